The second kappa shape index (κ2) is 5.93. The van der Waals surface area contributed by atoms with Gasteiger partial charge in [0.25, 0.3) is 0 Å². The van der Waals surface area contributed by atoms with Crippen molar-refractivity contribution in [2.24, 2.45) is 11.8 Å². The molecule has 0 atom stereocenters. The summed E-state index contributed by atoms with van der Waals surface area (Å²) in [5.74, 6) is 2.02. The van der Waals surface area contributed by atoms with Crippen LogP contribution in [0.15, 0.2) is 24.3 Å². The molecule has 0 spiro atoms. The fourth-order valence-corrected chi connectivity index (χ4v) is 2.71. The maximum Gasteiger partial charge on any atom is 0.125 e. The van der Waals surface area contributed by atoms with Crippen LogP contribution in [0.1, 0.15) is 32.3 Å². The van der Waals surface area contributed by atoms with Gasteiger partial charge < -0.3 is 14.6 Å². The van der Waals surface area contributed by atoms with Gasteiger partial charge in [0.05, 0.1) is 12.2 Å². The predicted molar refractivity (Wildman–Crippen MR) is 75.3 cm³/mol. The average molecular weight is 264 g/mol. The number of rotatable bonds is 6. The Labute approximate surface area is 115 Å². The second-order valence-electron chi connectivity index (χ2n) is 5.78. The molecule has 0 amide bonds. The van der Waals surface area contributed by atoms with E-state index in [0.29, 0.717) is 25.0 Å². The van der Waals surface area contributed by atoms with E-state index in [1.165, 1.54) is 0 Å². The van der Waals surface area contributed by atoms with Gasteiger partial charge in [-0.3, -0.25) is 0 Å². The van der Waals surface area contributed by atoms with Gasteiger partial charge in [-0.05, 0) is 30.7 Å². The van der Waals surface area contributed by atoms with E-state index < -0.39 is 5.60 Å². The third-order valence-corrected chi connectivity index (χ3v) is 4.08. The van der Waals surface area contributed by atoms with Crippen LogP contribution in [0.4, 0.5) is 0 Å². The molecule has 1 aliphatic carbocycles. The minimum atomic E-state index is -0.710. The third-order valence-electron chi connectivity index (χ3n) is 4.08. The minimum Gasteiger partial charge on any atom is -0.491 e. The molecule has 106 valence electrons. The van der Waals surface area contributed by atoms with Crippen molar-refractivity contribution in [2.45, 2.75) is 32.3 Å². The highest BCUT2D eigenvalue weighted by atomic mass is 16.5. The van der Waals surface area contributed by atoms with Gasteiger partial charge in [-0.2, -0.15) is 0 Å². The molecule has 1 aliphatic rings. The molecule has 0 unspecified atom stereocenters. The summed E-state index contributed by atoms with van der Waals surface area (Å²) in [6.07, 6.45) is 1.66. The molecular weight excluding hydrogens is 240 g/mol. The predicted octanol–water partition coefficient (Wildman–Crippen LogP) is 2.97. The van der Waals surface area contributed by atoms with Crippen LogP contribution < -0.4 is 4.74 Å². The van der Waals surface area contributed by atoms with E-state index in [-0.39, 0.29) is 0 Å². The highest BCUT2D eigenvalue weighted by molar-refractivity contribution is 5.39. The zero-order valence-electron chi connectivity index (χ0n) is 12.1. The average Bonchev–Trinajstić information content (AvgIpc) is 2.36. The summed E-state index contributed by atoms with van der Waals surface area (Å²) < 4.78 is 10.7. The Morgan fingerprint density at radius 1 is 1.26 bits per heavy atom. The summed E-state index contributed by atoms with van der Waals surface area (Å²) in [5, 5.41) is 10.7. The second-order valence-corrected chi connectivity index (χ2v) is 5.78. The first-order chi connectivity index (χ1) is 9.07. The van der Waals surface area contributed by atoms with Crippen molar-refractivity contribution < 1.29 is 14.6 Å². The van der Waals surface area contributed by atoms with Gasteiger partial charge in [0.2, 0.25) is 0 Å². The summed E-state index contributed by atoms with van der Waals surface area (Å²) in [6.45, 7) is 5.50. The first-order valence-corrected chi connectivity index (χ1v) is 7.00. The molecule has 0 aliphatic heterocycles. The summed E-state index contributed by atoms with van der Waals surface area (Å²) in [6, 6.07) is 7.79. The number of hydrogen-bond acceptors (Lipinski definition) is 3. The molecule has 1 aromatic rings. The van der Waals surface area contributed by atoms with E-state index in [2.05, 4.69) is 13.8 Å². The normalized spacial score (nSPS) is 26.3. The van der Waals surface area contributed by atoms with Crippen LogP contribution in [0.3, 0.4) is 0 Å². The van der Waals surface area contributed by atoms with E-state index in [1.54, 1.807) is 7.11 Å². The SMILES string of the molecule is COCCOc1ccccc1C1(O)CC(C(C)C)C1. The van der Waals surface area contributed by atoms with E-state index in [9.17, 15) is 5.11 Å². The van der Waals surface area contributed by atoms with Crippen molar-refractivity contribution in [3.05, 3.63) is 29.8 Å². The van der Waals surface area contributed by atoms with E-state index in [1.807, 2.05) is 24.3 Å². The number of methoxy groups -OCH3 is 1. The van der Waals surface area contributed by atoms with Crippen molar-refractivity contribution in [1.29, 1.82) is 0 Å². The van der Waals surface area contributed by atoms with E-state index >= 15 is 0 Å². The number of para-hydroxylation sites is 1. The van der Waals surface area contributed by atoms with Gasteiger partial charge in [-0.25, -0.2) is 0 Å². The van der Waals surface area contributed by atoms with Gasteiger partial charge >= 0.3 is 0 Å². The van der Waals surface area contributed by atoms with E-state index in [0.717, 1.165) is 24.2 Å². The zero-order valence-corrected chi connectivity index (χ0v) is 12.1. The zero-order chi connectivity index (χ0) is 13.9. The Morgan fingerprint density at radius 3 is 2.58 bits per heavy atom. The monoisotopic (exact) mass is 264 g/mol. The molecular formula is C16H24O3. The van der Waals surface area contributed by atoms with Gasteiger partial charge in [-0.1, -0.05) is 32.0 Å². The fraction of sp³-hybridized carbons (Fsp3) is 0.625. The number of hydrogen-bond donors (Lipinski definition) is 1. The molecule has 0 saturated heterocycles. The molecule has 3 heteroatoms. The Hall–Kier alpha value is -1.06. The molecule has 19 heavy (non-hydrogen) atoms. The highest BCUT2D eigenvalue weighted by Crippen LogP contribution is 2.50. The molecule has 1 aromatic carbocycles. The van der Waals surface area contributed by atoms with Crippen LogP contribution in [0.5, 0.6) is 5.75 Å². The largest absolute Gasteiger partial charge is 0.491 e. The highest BCUT2D eigenvalue weighted by Gasteiger charge is 2.46. The topological polar surface area (TPSA) is 38.7 Å². The molecule has 3 nitrogen and oxygen atoms in total. The Bertz CT molecular complexity index is 408. The van der Waals surface area contributed by atoms with E-state index in [4.69, 9.17) is 9.47 Å². The summed E-state index contributed by atoms with van der Waals surface area (Å²) in [4.78, 5) is 0. The molecule has 1 saturated carbocycles. The van der Waals surface area contributed by atoms with Crippen LogP contribution in [0.25, 0.3) is 0 Å². The molecule has 0 aromatic heterocycles. The number of aliphatic hydroxyl groups is 1. The minimum absolute atomic E-state index is 0.511. The van der Waals surface area contributed by atoms with Crippen LogP contribution in [-0.2, 0) is 10.3 Å². The van der Waals surface area contributed by atoms with Gasteiger partial charge in [-0.15, -0.1) is 0 Å². The molecule has 2 rings (SSSR count). The summed E-state index contributed by atoms with van der Waals surface area (Å²) in [5.41, 5.74) is 0.210. The summed E-state index contributed by atoms with van der Waals surface area (Å²) in [7, 11) is 1.65. The van der Waals surface area contributed by atoms with Crippen molar-refractivity contribution in [2.75, 3.05) is 20.3 Å². The molecule has 0 bridgehead atoms. The van der Waals surface area contributed by atoms with Crippen molar-refractivity contribution in [1.82, 2.24) is 0 Å². The Kier molecular flexibility index (Phi) is 4.48. The molecule has 1 fully saturated rings. The molecule has 0 radical (unpaired) electrons. The van der Waals surface area contributed by atoms with Crippen LogP contribution in [0.2, 0.25) is 0 Å². The third kappa shape index (κ3) is 3.10. The quantitative estimate of drug-likeness (QED) is 0.803. The summed E-state index contributed by atoms with van der Waals surface area (Å²) >= 11 is 0. The first kappa shape index (κ1) is 14.4. The number of ether oxygens (including phenoxy) is 2. The molecule has 1 N–H and O–H groups in total. The molecule has 0 heterocycles. The maximum atomic E-state index is 10.7. The lowest BCUT2D eigenvalue weighted by atomic mass is 9.63. The van der Waals surface area contributed by atoms with Crippen molar-refractivity contribution in [3.8, 4) is 5.75 Å². The smallest absolute Gasteiger partial charge is 0.125 e. The van der Waals surface area contributed by atoms with Gasteiger partial charge in [0.15, 0.2) is 0 Å². The standard InChI is InChI=1S/C16H24O3/c1-12(2)13-10-16(17,11-13)14-6-4-5-7-15(14)19-9-8-18-3/h4-7,12-13,17H,8-11H2,1-3H3. The Morgan fingerprint density at radius 2 is 1.95 bits per heavy atom. The first-order valence-electron chi connectivity index (χ1n) is 7.00. The lowest BCUT2D eigenvalue weighted by Gasteiger charge is -2.46. The number of benzene rings is 1. The van der Waals surface area contributed by atoms with Gasteiger partial charge in [0.1, 0.15) is 12.4 Å². The Balaban J connectivity index is 2.08. The van der Waals surface area contributed by atoms with Crippen molar-refractivity contribution >= 4 is 0 Å². The fourth-order valence-electron chi connectivity index (χ4n) is 2.71. The van der Waals surface area contributed by atoms with Crippen LogP contribution in [0, 0.1) is 11.8 Å². The van der Waals surface area contributed by atoms with Crippen molar-refractivity contribution in [3.63, 3.8) is 0 Å². The lowest BCUT2D eigenvalue weighted by molar-refractivity contribution is -0.0948. The van der Waals surface area contributed by atoms with Crippen LogP contribution >= 0.6 is 0 Å². The maximum absolute atomic E-state index is 10.7. The lowest BCUT2D eigenvalue weighted by Crippen LogP contribution is -2.43. The van der Waals surface area contributed by atoms with Crippen LogP contribution in [-0.4, -0.2) is 25.4 Å². The van der Waals surface area contributed by atoms with Gasteiger partial charge in [0, 0.05) is 12.7 Å².